The Labute approximate surface area is 140 Å². The van der Waals surface area contributed by atoms with Crippen molar-refractivity contribution in [2.24, 2.45) is 0 Å². The minimum absolute atomic E-state index is 0.0682. The van der Waals surface area contributed by atoms with E-state index in [1.165, 1.54) is 0 Å². The Morgan fingerprint density at radius 2 is 2.04 bits per heavy atom. The average molecular weight is 327 g/mol. The number of amides is 2. The Morgan fingerprint density at radius 1 is 1.25 bits per heavy atom. The van der Waals surface area contributed by atoms with Crippen molar-refractivity contribution in [2.45, 2.75) is 32.6 Å². The third-order valence-corrected chi connectivity index (χ3v) is 4.08. The van der Waals surface area contributed by atoms with Gasteiger partial charge in [-0.25, -0.2) is 4.98 Å². The maximum atomic E-state index is 12.2. The van der Waals surface area contributed by atoms with Crippen molar-refractivity contribution in [3.05, 3.63) is 36.4 Å². The van der Waals surface area contributed by atoms with Crippen LogP contribution >= 0.6 is 0 Å². The molecule has 0 aliphatic carbocycles. The van der Waals surface area contributed by atoms with Gasteiger partial charge in [-0.2, -0.15) is 0 Å². The predicted octanol–water partition coefficient (Wildman–Crippen LogP) is 2.99. The standard InChI is InChI=1S/C18H21N3O3/c1-13-19-11-16(24-13)14-6-8-15(9-7-14)20-17(22)12-21-10-4-2-3-5-18(21)23/h6-9,11H,2-5,10,12H2,1H3,(H,20,22). The summed E-state index contributed by atoms with van der Waals surface area (Å²) >= 11 is 0. The van der Waals surface area contributed by atoms with Crippen LogP contribution in [-0.2, 0) is 9.59 Å². The van der Waals surface area contributed by atoms with Crippen LogP contribution in [0.5, 0.6) is 0 Å². The molecular formula is C18H21N3O3. The number of likely N-dealkylation sites (tertiary alicyclic amines) is 1. The van der Waals surface area contributed by atoms with Gasteiger partial charge in [0.1, 0.15) is 0 Å². The molecule has 126 valence electrons. The van der Waals surface area contributed by atoms with E-state index in [0.29, 0.717) is 30.3 Å². The summed E-state index contributed by atoms with van der Waals surface area (Å²) in [4.78, 5) is 29.8. The highest BCUT2D eigenvalue weighted by Crippen LogP contribution is 2.22. The summed E-state index contributed by atoms with van der Waals surface area (Å²) in [6, 6.07) is 7.37. The van der Waals surface area contributed by atoms with Crippen LogP contribution in [0.4, 0.5) is 5.69 Å². The summed E-state index contributed by atoms with van der Waals surface area (Å²) in [6.07, 6.45) is 5.14. The van der Waals surface area contributed by atoms with Gasteiger partial charge in [-0.05, 0) is 37.1 Å². The van der Waals surface area contributed by atoms with Crippen LogP contribution in [0.15, 0.2) is 34.9 Å². The van der Waals surface area contributed by atoms with Crippen molar-refractivity contribution >= 4 is 17.5 Å². The van der Waals surface area contributed by atoms with Crippen LogP contribution in [0.1, 0.15) is 31.6 Å². The van der Waals surface area contributed by atoms with Crippen molar-refractivity contribution in [1.29, 1.82) is 0 Å². The minimum Gasteiger partial charge on any atom is -0.441 e. The van der Waals surface area contributed by atoms with Gasteiger partial charge in [0.25, 0.3) is 0 Å². The number of nitrogens with one attached hydrogen (secondary N) is 1. The Hall–Kier alpha value is -2.63. The number of benzene rings is 1. The maximum absolute atomic E-state index is 12.2. The lowest BCUT2D eigenvalue weighted by atomic mass is 10.1. The first-order chi connectivity index (χ1) is 11.6. The van der Waals surface area contributed by atoms with Crippen LogP contribution in [0.25, 0.3) is 11.3 Å². The maximum Gasteiger partial charge on any atom is 0.243 e. The van der Waals surface area contributed by atoms with Crippen molar-refractivity contribution in [1.82, 2.24) is 9.88 Å². The molecular weight excluding hydrogens is 306 g/mol. The molecule has 1 saturated heterocycles. The molecule has 6 heteroatoms. The number of oxazole rings is 1. The van der Waals surface area contributed by atoms with Crippen LogP contribution in [0.3, 0.4) is 0 Å². The first-order valence-corrected chi connectivity index (χ1v) is 8.22. The summed E-state index contributed by atoms with van der Waals surface area (Å²) < 4.78 is 5.47. The van der Waals surface area contributed by atoms with E-state index < -0.39 is 0 Å². The molecule has 0 bridgehead atoms. The Morgan fingerprint density at radius 3 is 2.75 bits per heavy atom. The lowest BCUT2D eigenvalue weighted by molar-refractivity contribution is -0.134. The van der Waals surface area contributed by atoms with Crippen molar-refractivity contribution in [2.75, 3.05) is 18.4 Å². The van der Waals surface area contributed by atoms with Crippen LogP contribution in [0, 0.1) is 6.92 Å². The Balaban J connectivity index is 1.59. The summed E-state index contributed by atoms with van der Waals surface area (Å²) in [5.41, 5.74) is 1.60. The second-order valence-electron chi connectivity index (χ2n) is 6.00. The molecule has 1 aromatic heterocycles. The third-order valence-electron chi connectivity index (χ3n) is 4.08. The van der Waals surface area contributed by atoms with Gasteiger partial charge in [-0.15, -0.1) is 0 Å². The van der Waals surface area contributed by atoms with Gasteiger partial charge in [0.05, 0.1) is 12.7 Å². The average Bonchev–Trinajstić information content (AvgIpc) is 2.90. The van der Waals surface area contributed by atoms with Gasteiger partial charge in [0.15, 0.2) is 11.7 Å². The van der Waals surface area contributed by atoms with Gasteiger partial charge in [-0.1, -0.05) is 6.42 Å². The fraction of sp³-hybridized carbons (Fsp3) is 0.389. The number of hydrogen-bond donors (Lipinski definition) is 1. The first-order valence-electron chi connectivity index (χ1n) is 8.22. The summed E-state index contributed by atoms with van der Waals surface area (Å²) in [6.45, 7) is 2.57. The second-order valence-corrected chi connectivity index (χ2v) is 6.00. The molecule has 2 heterocycles. The third kappa shape index (κ3) is 4.01. The van der Waals surface area contributed by atoms with Gasteiger partial charge in [0, 0.05) is 31.1 Å². The fourth-order valence-corrected chi connectivity index (χ4v) is 2.79. The molecule has 1 aliphatic rings. The highest BCUT2D eigenvalue weighted by atomic mass is 16.4. The van der Waals surface area contributed by atoms with E-state index in [1.807, 2.05) is 24.3 Å². The number of carbonyl (C=O) groups is 2. The zero-order valence-corrected chi connectivity index (χ0v) is 13.7. The Bertz CT molecular complexity index is 721. The number of nitrogens with zero attached hydrogens (tertiary/aromatic N) is 2. The van der Waals surface area contributed by atoms with Gasteiger partial charge < -0.3 is 14.6 Å². The molecule has 1 fully saturated rings. The zero-order chi connectivity index (χ0) is 16.9. The second kappa shape index (κ2) is 7.29. The minimum atomic E-state index is -0.173. The number of carbonyl (C=O) groups excluding carboxylic acids is 2. The quantitative estimate of drug-likeness (QED) is 0.936. The van der Waals surface area contributed by atoms with E-state index in [2.05, 4.69) is 10.3 Å². The fourth-order valence-electron chi connectivity index (χ4n) is 2.79. The van der Waals surface area contributed by atoms with E-state index in [4.69, 9.17) is 4.42 Å². The van der Waals surface area contributed by atoms with E-state index in [1.54, 1.807) is 18.0 Å². The number of anilines is 1. The summed E-state index contributed by atoms with van der Waals surface area (Å²) in [5, 5.41) is 2.84. The van der Waals surface area contributed by atoms with Crippen molar-refractivity contribution in [3.8, 4) is 11.3 Å². The molecule has 0 spiro atoms. The molecule has 2 aromatic rings. The normalized spacial score (nSPS) is 15.2. The monoisotopic (exact) mass is 327 g/mol. The molecule has 1 aliphatic heterocycles. The lowest BCUT2D eigenvalue weighted by Crippen LogP contribution is -2.37. The predicted molar refractivity (Wildman–Crippen MR) is 90.4 cm³/mol. The van der Waals surface area contributed by atoms with E-state index in [0.717, 1.165) is 24.8 Å². The van der Waals surface area contributed by atoms with Crippen LogP contribution < -0.4 is 5.32 Å². The Kier molecular flexibility index (Phi) is 4.93. The van der Waals surface area contributed by atoms with Crippen molar-refractivity contribution in [3.63, 3.8) is 0 Å². The zero-order valence-electron chi connectivity index (χ0n) is 13.7. The molecule has 3 rings (SSSR count). The van der Waals surface area contributed by atoms with Crippen LogP contribution in [0.2, 0.25) is 0 Å². The number of aromatic nitrogens is 1. The molecule has 0 saturated carbocycles. The number of aryl methyl sites for hydroxylation is 1. The smallest absolute Gasteiger partial charge is 0.243 e. The van der Waals surface area contributed by atoms with Crippen molar-refractivity contribution < 1.29 is 14.0 Å². The molecule has 0 unspecified atom stereocenters. The molecule has 1 aromatic carbocycles. The number of rotatable bonds is 4. The van der Waals surface area contributed by atoms with E-state index >= 15 is 0 Å². The molecule has 0 atom stereocenters. The van der Waals surface area contributed by atoms with Gasteiger partial charge >= 0.3 is 0 Å². The molecule has 6 nitrogen and oxygen atoms in total. The van der Waals surface area contributed by atoms with Gasteiger partial charge in [0.2, 0.25) is 11.8 Å². The molecule has 24 heavy (non-hydrogen) atoms. The summed E-state index contributed by atoms with van der Waals surface area (Å²) in [7, 11) is 0. The number of hydrogen-bond acceptors (Lipinski definition) is 4. The van der Waals surface area contributed by atoms with E-state index in [-0.39, 0.29) is 18.4 Å². The van der Waals surface area contributed by atoms with E-state index in [9.17, 15) is 9.59 Å². The molecule has 0 radical (unpaired) electrons. The van der Waals surface area contributed by atoms with Gasteiger partial charge in [-0.3, -0.25) is 9.59 Å². The highest BCUT2D eigenvalue weighted by Gasteiger charge is 2.19. The molecule has 1 N–H and O–H groups in total. The largest absolute Gasteiger partial charge is 0.441 e. The van der Waals surface area contributed by atoms with Crippen LogP contribution in [-0.4, -0.2) is 34.8 Å². The molecule has 2 amide bonds. The SMILES string of the molecule is Cc1ncc(-c2ccc(NC(=O)CN3CCCCCC3=O)cc2)o1. The highest BCUT2D eigenvalue weighted by molar-refractivity contribution is 5.94. The first kappa shape index (κ1) is 16.2. The summed E-state index contributed by atoms with van der Waals surface area (Å²) in [5.74, 6) is 1.21. The lowest BCUT2D eigenvalue weighted by Gasteiger charge is -2.19. The topological polar surface area (TPSA) is 75.4 Å².